The van der Waals surface area contributed by atoms with Gasteiger partial charge in [-0.2, -0.15) is 0 Å². The number of benzene rings is 1. The van der Waals surface area contributed by atoms with E-state index in [-0.39, 0.29) is 21.3 Å². The van der Waals surface area contributed by atoms with Crippen molar-refractivity contribution in [3.8, 4) is 0 Å². The molecule has 0 amide bonds. The molecule has 1 aliphatic heterocycles. The van der Waals surface area contributed by atoms with Crippen LogP contribution in [0.2, 0.25) is 10.0 Å². The second-order valence-electron chi connectivity index (χ2n) is 5.04. The van der Waals surface area contributed by atoms with Crippen LogP contribution in [-0.4, -0.2) is 30.2 Å². The molecule has 1 aliphatic rings. The first-order valence-electron chi connectivity index (χ1n) is 5.82. The third-order valence-corrected chi connectivity index (χ3v) is 3.53. The molecular weight excluding hydrogens is 291 g/mol. The zero-order valence-corrected chi connectivity index (χ0v) is 12.2. The van der Waals surface area contributed by atoms with Gasteiger partial charge in [0, 0.05) is 25.2 Å². The first-order chi connectivity index (χ1) is 8.80. The van der Waals surface area contributed by atoms with E-state index >= 15 is 0 Å². The number of halogens is 2. The van der Waals surface area contributed by atoms with E-state index in [4.69, 9.17) is 27.9 Å². The molecule has 1 heterocycles. The van der Waals surface area contributed by atoms with Gasteiger partial charge >= 0.3 is 0 Å². The molecule has 0 bridgehead atoms. The Morgan fingerprint density at radius 2 is 1.95 bits per heavy atom. The van der Waals surface area contributed by atoms with E-state index in [2.05, 4.69) is 0 Å². The summed E-state index contributed by atoms with van der Waals surface area (Å²) in [7, 11) is 0. The fourth-order valence-corrected chi connectivity index (χ4v) is 2.88. The van der Waals surface area contributed by atoms with Gasteiger partial charge in [0.2, 0.25) is 0 Å². The van der Waals surface area contributed by atoms with E-state index in [1.165, 1.54) is 12.1 Å². The van der Waals surface area contributed by atoms with Gasteiger partial charge in [0.1, 0.15) is 0 Å². The Bertz CT molecular complexity index is 497. The Balaban J connectivity index is 2.37. The number of hydrogen-bond acceptors (Lipinski definition) is 4. The minimum Gasteiger partial charge on any atom is -0.372 e. The van der Waals surface area contributed by atoms with Gasteiger partial charge in [0.25, 0.3) is 5.69 Å². The van der Waals surface area contributed by atoms with Crippen LogP contribution in [0, 0.1) is 10.1 Å². The maximum atomic E-state index is 10.8. The summed E-state index contributed by atoms with van der Waals surface area (Å²) in [4.78, 5) is 12.2. The fraction of sp³-hybridized carbons (Fsp3) is 0.500. The summed E-state index contributed by atoms with van der Waals surface area (Å²) in [5, 5.41) is 11.3. The van der Waals surface area contributed by atoms with Gasteiger partial charge in [-0.05, 0) is 13.8 Å². The largest absolute Gasteiger partial charge is 0.372 e. The number of nitro benzene ring substituents is 1. The molecule has 0 aliphatic carbocycles. The topological polar surface area (TPSA) is 55.6 Å². The van der Waals surface area contributed by atoms with Crippen molar-refractivity contribution >= 4 is 34.6 Å². The predicted molar refractivity (Wildman–Crippen MR) is 75.4 cm³/mol. The maximum absolute atomic E-state index is 10.8. The summed E-state index contributed by atoms with van der Waals surface area (Å²) in [6.45, 7) is 5.81. The second kappa shape index (κ2) is 5.15. The highest BCUT2D eigenvalue weighted by atomic mass is 35.5. The number of non-ortho nitro benzene ring substituents is 1. The van der Waals surface area contributed by atoms with Gasteiger partial charge in [-0.1, -0.05) is 23.2 Å². The molecule has 1 fully saturated rings. The van der Waals surface area contributed by atoms with Crippen molar-refractivity contribution in [2.75, 3.05) is 24.6 Å². The molecule has 104 valence electrons. The summed E-state index contributed by atoms with van der Waals surface area (Å²) >= 11 is 12.3. The molecule has 0 aromatic heterocycles. The van der Waals surface area contributed by atoms with Gasteiger partial charge in [-0.3, -0.25) is 10.1 Å². The van der Waals surface area contributed by atoms with Gasteiger partial charge < -0.3 is 9.64 Å². The van der Waals surface area contributed by atoms with Crippen molar-refractivity contribution in [2.45, 2.75) is 19.4 Å². The quantitative estimate of drug-likeness (QED) is 0.619. The highest BCUT2D eigenvalue weighted by Gasteiger charge is 2.30. The molecule has 0 saturated carbocycles. The van der Waals surface area contributed by atoms with Crippen LogP contribution in [0.1, 0.15) is 13.8 Å². The SMILES string of the molecule is CC1(C)CN(c2c(Cl)cc([N+](=O)[O-])cc2Cl)CCO1. The van der Waals surface area contributed by atoms with E-state index in [9.17, 15) is 10.1 Å². The van der Waals surface area contributed by atoms with Crippen LogP contribution in [0.25, 0.3) is 0 Å². The monoisotopic (exact) mass is 304 g/mol. The lowest BCUT2D eigenvalue weighted by molar-refractivity contribution is -0.384. The number of rotatable bonds is 2. The molecule has 1 aromatic rings. The molecule has 0 spiro atoms. The average molecular weight is 305 g/mol. The number of ether oxygens (including phenoxy) is 1. The molecule has 0 unspecified atom stereocenters. The predicted octanol–water partition coefficient (Wildman–Crippen LogP) is 3.52. The van der Waals surface area contributed by atoms with Crippen LogP contribution in [0.3, 0.4) is 0 Å². The molecule has 7 heteroatoms. The van der Waals surface area contributed by atoms with Crippen LogP contribution in [0.15, 0.2) is 12.1 Å². The Kier molecular flexibility index (Phi) is 3.90. The Morgan fingerprint density at radius 3 is 2.42 bits per heavy atom. The summed E-state index contributed by atoms with van der Waals surface area (Å²) in [5.74, 6) is 0. The molecule has 0 radical (unpaired) electrons. The van der Waals surface area contributed by atoms with Crippen LogP contribution >= 0.6 is 23.2 Å². The standard InChI is InChI=1S/C12H14Cl2N2O3/c1-12(2)7-15(3-4-19-12)11-9(13)5-8(16(17)18)6-10(11)14/h5-6H,3-4,7H2,1-2H3. The maximum Gasteiger partial charge on any atom is 0.272 e. The van der Waals surface area contributed by atoms with Gasteiger partial charge in [-0.25, -0.2) is 0 Å². The number of morpholine rings is 1. The average Bonchev–Trinajstić information content (AvgIpc) is 2.26. The van der Waals surface area contributed by atoms with Crippen molar-refractivity contribution in [1.82, 2.24) is 0 Å². The number of nitrogens with zero attached hydrogens (tertiary/aromatic N) is 2. The highest BCUT2D eigenvalue weighted by molar-refractivity contribution is 6.39. The van der Waals surface area contributed by atoms with Gasteiger partial charge in [0.15, 0.2) is 0 Å². The molecule has 0 atom stereocenters. The zero-order valence-electron chi connectivity index (χ0n) is 10.7. The van der Waals surface area contributed by atoms with Crippen molar-refractivity contribution in [2.24, 2.45) is 0 Å². The minimum absolute atomic E-state index is 0.105. The summed E-state index contributed by atoms with van der Waals surface area (Å²) < 4.78 is 5.62. The molecule has 19 heavy (non-hydrogen) atoms. The normalized spacial score (nSPS) is 18.4. The van der Waals surface area contributed by atoms with Gasteiger partial charge in [-0.15, -0.1) is 0 Å². The van der Waals surface area contributed by atoms with Crippen molar-refractivity contribution in [1.29, 1.82) is 0 Å². The van der Waals surface area contributed by atoms with E-state index in [0.29, 0.717) is 25.4 Å². The van der Waals surface area contributed by atoms with Crippen molar-refractivity contribution in [3.63, 3.8) is 0 Å². The molecule has 2 rings (SSSR count). The number of hydrogen-bond donors (Lipinski definition) is 0. The van der Waals surface area contributed by atoms with E-state index in [1.807, 2.05) is 18.7 Å². The second-order valence-corrected chi connectivity index (χ2v) is 5.86. The number of anilines is 1. The Labute approximate surface area is 121 Å². The van der Waals surface area contributed by atoms with E-state index < -0.39 is 4.92 Å². The van der Waals surface area contributed by atoms with Crippen LogP contribution in [-0.2, 0) is 4.74 Å². The summed E-state index contributed by atoms with van der Waals surface area (Å²) in [5.41, 5.74) is 0.226. The van der Waals surface area contributed by atoms with E-state index in [0.717, 1.165) is 0 Å². The summed E-state index contributed by atoms with van der Waals surface area (Å²) in [6, 6.07) is 2.65. The highest BCUT2D eigenvalue weighted by Crippen LogP contribution is 2.38. The first-order valence-corrected chi connectivity index (χ1v) is 6.58. The smallest absolute Gasteiger partial charge is 0.272 e. The molecule has 0 N–H and O–H groups in total. The molecule has 1 aromatic carbocycles. The van der Waals surface area contributed by atoms with Crippen LogP contribution in [0.5, 0.6) is 0 Å². The van der Waals surface area contributed by atoms with Crippen LogP contribution in [0.4, 0.5) is 11.4 Å². The zero-order chi connectivity index (χ0) is 14.2. The van der Waals surface area contributed by atoms with Crippen LogP contribution < -0.4 is 4.90 Å². The fourth-order valence-electron chi connectivity index (χ4n) is 2.17. The van der Waals surface area contributed by atoms with Gasteiger partial charge in [0.05, 0.1) is 32.9 Å². The third kappa shape index (κ3) is 3.11. The lowest BCUT2D eigenvalue weighted by Crippen LogP contribution is -2.48. The molecule has 5 nitrogen and oxygen atoms in total. The molecular formula is C12H14Cl2N2O3. The Hall–Kier alpha value is -1.04. The van der Waals surface area contributed by atoms with E-state index in [1.54, 1.807) is 0 Å². The minimum atomic E-state index is -0.509. The van der Waals surface area contributed by atoms with Crippen molar-refractivity contribution < 1.29 is 9.66 Å². The molecule has 1 saturated heterocycles. The lowest BCUT2D eigenvalue weighted by atomic mass is 10.1. The Morgan fingerprint density at radius 1 is 1.37 bits per heavy atom. The number of nitro groups is 1. The third-order valence-electron chi connectivity index (χ3n) is 2.95. The summed E-state index contributed by atoms with van der Waals surface area (Å²) in [6.07, 6.45) is 0. The first kappa shape index (κ1) is 14.4. The van der Waals surface area contributed by atoms with Crippen molar-refractivity contribution in [3.05, 3.63) is 32.3 Å². The lowest BCUT2D eigenvalue weighted by Gasteiger charge is -2.40.